The van der Waals surface area contributed by atoms with E-state index in [9.17, 15) is 14.4 Å². The summed E-state index contributed by atoms with van der Waals surface area (Å²) in [6, 6.07) is 4.52. The monoisotopic (exact) mass is 518 g/mol. The number of aryl methyl sites for hydroxylation is 1. The van der Waals surface area contributed by atoms with Crippen molar-refractivity contribution in [3.8, 4) is 0 Å². The van der Waals surface area contributed by atoms with Crippen molar-refractivity contribution in [2.75, 3.05) is 30.5 Å². The molecule has 188 valence electrons. The first kappa shape index (κ1) is 26.6. The molecule has 0 atom stereocenters. The van der Waals surface area contributed by atoms with Gasteiger partial charge in [-0.3, -0.25) is 0 Å². The van der Waals surface area contributed by atoms with Crippen LogP contribution in [0.1, 0.15) is 81.5 Å². The molecule has 10 heteroatoms. The van der Waals surface area contributed by atoms with Crippen LogP contribution >= 0.6 is 23.6 Å². The average Bonchev–Trinajstić information content (AvgIpc) is 2.99. The molecule has 0 amide bonds. The Morgan fingerprint density at radius 2 is 1.40 bits per heavy atom. The molecule has 3 rings (SSSR count). The molecule has 0 saturated carbocycles. The van der Waals surface area contributed by atoms with Crippen molar-refractivity contribution >= 4 is 57.3 Å². The number of benzene rings is 1. The standard InChI is InChI=1S/C25H30N2O6S2/c1-4-31-22(28)15-12-16(23(29)32-5-2)14-17(13-15)26-25(34)27-21-20(24(30)33-6-3)18-10-8-7-9-11-19(18)35-21/h12-14H,4-11H2,1-3H3,(H2,26,27,34). The second kappa shape index (κ2) is 12.6. The van der Waals surface area contributed by atoms with Crippen molar-refractivity contribution < 1.29 is 28.6 Å². The van der Waals surface area contributed by atoms with E-state index in [4.69, 9.17) is 26.4 Å². The third-order valence-electron chi connectivity index (χ3n) is 5.34. The zero-order valence-electron chi connectivity index (χ0n) is 20.2. The summed E-state index contributed by atoms with van der Waals surface area (Å²) in [6.45, 7) is 5.86. The third-order valence-corrected chi connectivity index (χ3v) is 6.75. The number of hydrogen-bond acceptors (Lipinski definition) is 8. The quantitative estimate of drug-likeness (QED) is 0.207. The van der Waals surface area contributed by atoms with Gasteiger partial charge in [-0.2, -0.15) is 0 Å². The summed E-state index contributed by atoms with van der Waals surface area (Å²) in [4.78, 5) is 38.6. The lowest BCUT2D eigenvalue weighted by atomic mass is 10.1. The summed E-state index contributed by atoms with van der Waals surface area (Å²) in [7, 11) is 0. The van der Waals surface area contributed by atoms with Crippen molar-refractivity contribution in [3.63, 3.8) is 0 Å². The number of thiophene rings is 1. The highest BCUT2D eigenvalue weighted by Crippen LogP contribution is 2.38. The van der Waals surface area contributed by atoms with Crippen molar-refractivity contribution in [1.29, 1.82) is 0 Å². The lowest BCUT2D eigenvalue weighted by molar-refractivity contribution is 0.0512. The van der Waals surface area contributed by atoms with Gasteiger partial charge in [0.05, 0.1) is 36.5 Å². The van der Waals surface area contributed by atoms with Crippen LogP contribution in [0.15, 0.2) is 18.2 Å². The number of esters is 3. The zero-order chi connectivity index (χ0) is 25.4. The number of thiocarbonyl (C=S) groups is 1. The Hall–Kier alpha value is -2.98. The van der Waals surface area contributed by atoms with Crippen LogP contribution in [-0.4, -0.2) is 42.8 Å². The molecule has 35 heavy (non-hydrogen) atoms. The number of rotatable bonds is 8. The molecular weight excluding hydrogens is 488 g/mol. The molecule has 8 nitrogen and oxygen atoms in total. The van der Waals surface area contributed by atoms with Gasteiger partial charge in [0, 0.05) is 10.6 Å². The first-order valence-corrected chi connectivity index (χ1v) is 13.0. The fraction of sp³-hybridized carbons (Fsp3) is 0.440. The number of nitrogens with one attached hydrogen (secondary N) is 2. The molecule has 0 saturated heterocycles. The van der Waals surface area contributed by atoms with Crippen molar-refractivity contribution in [2.24, 2.45) is 0 Å². The van der Waals surface area contributed by atoms with E-state index < -0.39 is 11.9 Å². The topological polar surface area (TPSA) is 103 Å². The molecule has 2 N–H and O–H groups in total. The maximum atomic E-state index is 12.8. The molecule has 0 bridgehead atoms. The van der Waals surface area contributed by atoms with Gasteiger partial charge in [-0.05, 0) is 82.4 Å². The second-order valence-corrected chi connectivity index (χ2v) is 9.32. The predicted molar refractivity (Wildman–Crippen MR) is 140 cm³/mol. The maximum absolute atomic E-state index is 12.8. The Kier molecular flexibility index (Phi) is 9.62. The summed E-state index contributed by atoms with van der Waals surface area (Å²) in [5, 5.41) is 6.98. The van der Waals surface area contributed by atoms with Crippen LogP contribution in [0.5, 0.6) is 0 Å². The van der Waals surface area contributed by atoms with Gasteiger partial charge < -0.3 is 24.8 Å². The van der Waals surface area contributed by atoms with Crippen LogP contribution < -0.4 is 10.6 Å². The maximum Gasteiger partial charge on any atom is 0.341 e. The minimum atomic E-state index is -0.563. The van der Waals surface area contributed by atoms with Crippen molar-refractivity contribution in [2.45, 2.75) is 52.9 Å². The normalized spacial score (nSPS) is 12.7. The van der Waals surface area contributed by atoms with E-state index in [1.165, 1.54) is 22.3 Å². The fourth-order valence-corrected chi connectivity index (χ4v) is 5.45. The Balaban J connectivity index is 1.88. The predicted octanol–water partition coefficient (Wildman–Crippen LogP) is 5.36. The zero-order valence-corrected chi connectivity index (χ0v) is 21.8. The van der Waals surface area contributed by atoms with E-state index in [0.29, 0.717) is 16.3 Å². The molecule has 0 spiro atoms. The number of carbonyl (C=O) groups excluding carboxylic acids is 3. The lowest BCUT2D eigenvalue weighted by Gasteiger charge is -2.14. The number of hydrogen-bond donors (Lipinski definition) is 2. The van der Waals surface area contributed by atoms with Crippen LogP contribution in [0.2, 0.25) is 0 Å². The molecule has 0 unspecified atom stereocenters. The molecular formula is C25H30N2O6S2. The molecule has 1 aliphatic rings. The Morgan fingerprint density at radius 3 is 2.00 bits per heavy atom. The Morgan fingerprint density at radius 1 is 0.829 bits per heavy atom. The highest BCUT2D eigenvalue weighted by atomic mass is 32.1. The minimum absolute atomic E-state index is 0.192. The molecule has 0 radical (unpaired) electrons. The van der Waals surface area contributed by atoms with Gasteiger partial charge in [-0.1, -0.05) is 6.42 Å². The van der Waals surface area contributed by atoms with Crippen molar-refractivity contribution in [1.82, 2.24) is 0 Å². The van der Waals surface area contributed by atoms with E-state index in [0.717, 1.165) is 37.7 Å². The van der Waals surface area contributed by atoms with Crippen LogP contribution in [0, 0.1) is 0 Å². The van der Waals surface area contributed by atoms with Gasteiger partial charge in [0.2, 0.25) is 0 Å². The average molecular weight is 519 g/mol. The third kappa shape index (κ3) is 6.79. The van der Waals surface area contributed by atoms with Crippen LogP contribution in [0.3, 0.4) is 0 Å². The molecule has 1 aromatic carbocycles. The summed E-state index contributed by atoms with van der Waals surface area (Å²) in [6.07, 6.45) is 4.97. The van der Waals surface area contributed by atoms with Gasteiger partial charge in [-0.15, -0.1) is 11.3 Å². The van der Waals surface area contributed by atoms with Crippen molar-refractivity contribution in [3.05, 3.63) is 45.3 Å². The van der Waals surface area contributed by atoms with Gasteiger partial charge in [-0.25, -0.2) is 14.4 Å². The van der Waals surface area contributed by atoms with E-state index in [2.05, 4.69) is 10.6 Å². The van der Waals surface area contributed by atoms with E-state index >= 15 is 0 Å². The number of ether oxygens (including phenoxy) is 3. The summed E-state index contributed by atoms with van der Waals surface area (Å²) in [5.41, 5.74) is 2.36. The van der Waals surface area contributed by atoms with E-state index in [1.54, 1.807) is 32.9 Å². The minimum Gasteiger partial charge on any atom is -0.462 e. The highest BCUT2D eigenvalue weighted by molar-refractivity contribution is 7.80. The van der Waals surface area contributed by atoms with E-state index in [-0.39, 0.29) is 42.0 Å². The van der Waals surface area contributed by atoms with Gasteiger partial charge in [0.15, 0.2) is 5.11 Å². The Labute approximate surface area is 214 Å². The highest BCUT2D eigenvalue weighted by Gasteiger charge is 2.26. The first-order valence-electron chi connectivity index (χ1n) is 11.8. The lowest BCUT2D eigenvalue weighted by Crippen LogP contribution is -2.21. The summed E-state index contributed by atoms with van der Waals surface area (Å²) in [5.74, 6) is -1.49. The van der Waals surface area contributed by atoms with Gasteiger partial charge >= 0.3 is 17.9 Å². The number of anilines is 2. The smallest absolute Gasteiger partial charge is 0.341 e. The summed E-state index contributed by atoms with van der Waals surface area (Å²) >= 11 is 7.03. The molecule has 2 aromatic rings. The Bertz CT molecular complexity index is 1080. The molecule has 0 fully saturated rings. The van der Waals surface area contributed by atoms with Gasteiger partial charge in [0.25, 0.3) is 0 Å². The fourth-order valence-electron chi connectivity index (χ4n) is 3.88. The molecule has 1 heterocycles. The molecule has 1 aromatic heterocycles. The van der Waals surface area contributed by atoms with Crippen LogP contribution in [0.25, 0.3) is 0 Å². The molecule has 1 aliphatic carbocycles. The van der Waals surface area contributed by atoms with Crippen LogP contribution in [-0.2, 0) is 27.1 Å². The molecule has 0 aliphatic heterocycles. The first-order chi connectivity index (χ1) is 16.9. The largest absolute Gasteiger partial charge is 0.462 e. The number of carbonyl (C=O) groups is 3. The SMILES string of the molecule is CCOC(=O)c1cc(NC(=S)Nc2sc3c(c2C(=O)OCC)CCCCC3)cc(C(=O)OCC)c1. The van der Waals surface area contributed by atoms with E-state index in [1.807, 2.05) is 0 Å². The second-order valence-electron chi connectivity index (χ2n) is 7.81. The van der Waals surface area contributed by atoms with Gasteiger partial charge in [0.1, 0.15) is 5.00 Å². The van der Waals surface area contributed by atoms with Crippen LogP contribution in [0.4, 0.5) is 10.7 Å². The number of fused-ring (bicyclic) bond motifs is 1. The summed E-state index contributed by atoms with van der Waals surface area (Å²) < 4.78 is 15.5.